The Kier molecular flexibility index (Phi) is 5.67. The van der Waals surface area contributed by atoms with Crippen LogP contribution >= 0.6 is 0 Å². The van der Waals surface area contributed by atoms with Crippen LogP contribution in [0.4, 0.5) is 5.69 Å². The van der Waals surface area contributed by atoms with E-state index in [0.717, 1.165) is 16.0 Å². The fourth-order valence-corrected chi connectivity index (χ4v) is 3.42. The van der Waals surface area contributed by atoms with Gasteiger partial charge in [-0.05, 0) is 43.3 Å². The van der Waals surface area contributed by atoms with Crippen molar-refractivity contribution in [3.63, 3.8) is 0 Å². The standard InChI is InChI=1S/C19H15N3O4S.C2H6/c1-12-17(11-15-9-13-5-2-3-8-18(13)26-15)19(23)22(21-12)14-6-4-7-16(10-14)27(20,24)25;1-2/h2-11H,1H3,(H2,20,24,25);1-2H3/b17-11-;. The van der Waals surface area contributed by atoms with Crippen molar-refractivity contribution in [1.82, 2.24) is 0 Å². The molecule has 0 unspecified atom stereocenters. The number of furan rings is 1. The van der Waals surface area contributed by atoms with Crippen molar-refractivity contribution in [2.45, 2.75) is 25.7 Å². The number of benzene rings is 2. The van der Waals surface area contributed by atoms with Crippen molar-refractivity contribution in [2.75, 3.05) is 5.01 Å². The highest BCUT2D eigenvalue weighted by molar-refractivity contribution is 7.89. The van der Waals surface area contributed by atoms with Gasteiger partial charge in [-0.15, -0.1) is 0 Å². The van der Waals surface area contributed by atoms with Crippen molar-refractivity contribution in [1.29, 1.82) is 0 Å². The first kappa shape index (κ1) is 20.5. The van der Waals surface area contributed by atoms with Crippen LogP contribution in [0.5, 0.6) is 0 Å². The van der Waals surface area contributed by atoms with Crippen LogP contribution < -0.4 is 10.1 Å². The van der Waals surface area contributed by atoms with Crippen molar-refractivity contribution in [3.8, 4) is 0 Å². The van der Waals surface area contributed by atoms with Gasteiger partial charge in [-0.1, -0.05) is 38.1 Å². The lowest BCUT2D eigenvalue weighted by atomic mass is 10.1. The zero-order valence-electron chi connectivity index (χ0n) is 16.3. The first-order chi connectivity index (χ1) is 13.8. The van der Waals surface area contributed by atoms with Crippen molar-refractivity contribution in [3.05, 3.63) is 65.9 Å². The Bertz CT molecular complexity index is 1210. The van der Waals surface area contributed by atoms with E-state index in [1.807, 2.05) is 44.2 Å². The molecule has 1 aliphatic heterocycles. The predicted octanol–water partition coefficient (Wildman–Crippen LogP) is 3.91. The van der Waals surface area contributed by atoms with E-state index in [9.17, 15) is 13.2 Å². The molecule has 0 bridgehead atoms. The van der Waals surface area contributed by atoms with Gasteiger partial charge in [-0.3, -0.25) is 4.79 Å². The third kappa shape index (κ3) is 4.13. The highest BCUT2D eigenvalue weighted by atomic mass is 32.2. The summed E-state index contributed by atoms with van der Waals surface area (Å²) in [5, 5.41) is 11.5. The molecule has 0 atom stereocenters. The molecule has 1 aromatic heterocycles. The van der Waals surface area contributed by atoms with Crippen LogP contribution in [0.2, 0.25) is 0 Å². The molecule has 0 saturated carbocycles. The van der Waals surface area contributed by atoms with E-state index in [1.54, 1.807) is 19.1 Å². The topological polar surface area (TPSA) is 106 Å². The minimum Gasteiger partial charge on any atom is -0.457 e. The maximum absolute atomic E-state index is 12.8. The third-order valence-electron chi connectivity index (χ3n) is 4.18. The Morgan fingerprint density at radius 1 is 1.07 bits per heavy atom. The van der Waals surface area contributed by atoms with Crippen LogP contribution in [-0.4, -0.2) is 20.0 Å². The second-order valence-corrected chi connectivity index (χ2v) is 7.65. The lowest BCUT2D eigenvalue weighted by Crippen LogP contribution is -2.22. The summed E-state index contributed by atoms with van der Waals surface area (Å²) in [7, 11) is -3.88. The summed E-state index contributed by atoms with van der Waals surface area (Å²) in [4.78, 5) is 12.7. The SMILES string of the molecule is CC.CC1=NN(c2cccc(S(N)(=O)=O)c2)C(=O)/C1=C\c1cc2ccccc2o1. The molecule has 2 aromatic carbocycles. The van der Waals surface area contributed by atoms with Gasteiger partial charge in [0, 0.05) is 5.39 Å². The number of nitrogens with two attached hydrogens (primary N) is 1. The molecule has 4 rings (SSSR count). The molecule has 8 heteroatoms. The molecule has 3 aromatic rings. The number of anilines is 1. The van der Waals surface area contributed by atoms with Gasteiger partial charge in [0.25, 0.3) is 5.91 Å². The van der Waals surface area contributed by atoms with E-state index in [2.05, 4.69) is 5.10 Å². The Hall–Kier alpha value is -3.23. The molecule has 1 amide bonds. The molecule has 1 aliphatic rings. The lowest BCUT2D eigenvalue weighted by Gasteiger charge is -2.12. The highest BCUT2D eigenvalue weighted by Gasteiger charge is 2.29. The van der Waals surface area contributed by atoms with E-state index in [0.29, 0.717) is 22.7 Å². The number of sulfonamides is 1. The summed E-state index contributed by atoms with van der Waals surface area (Å²) in [6, 6.07) is 15.2. The molecular formula is C21H21N3O4S. The number of carbonyl (C=O) groups excluding carboxylic acids is 1. The summed E-state index contributed by atoms with van der Waals surface area (Å²) in [5.74, 6) is 0.161. The van der Waals surface area contributed by atoms with Crippen molar-refractivity contribution < 1.29 is 17.6 Å². The van der Waals surface area contributed by atoms with Gasteiger partial charge in [-0.2, -0.15) is 10.1 Å². The Morgan fingerprint density at radius 3 is 2.48 bits per heavy atom. The molecular weight excluding hydrogens is 390 g/mol. The minimum atomic E-state index is -3.88. The summed E-state index contributed by atoms with van der Waals surface area (Å²) >= 11 is 0. The van der Waals surface area contributed by atoms with Crippen molar-refractivity contribution >= 4 is 44.4 Å². The first-order valence-electron chi connectivity index (χ1n) is 9.06. The average molecular weight is 411 g/mol. The molecule has 29 heavy (non-hydrogen) atoms. The number of primary sulfonamides is 1. The van der Waals surface area contributed by atoms with Gasteiger partial charge in [0.15, 0.2) is 0 Å². The number of hydrogen-bond acceptors (Lipinski definition) is 5. The fourth-order valence-electron chi connectivity index (χ4n) is 2.87. The quantitative estimate of drug-likeness (QED) is 0.659. The van der Waals surface area contributed by atoms with E-state index >= 15 is 0 Å². The maximum atomic E-state index is 12.8. The van der Waals surface area contributed by atoms with E-state index in [1.165, 1.54) is 18.2 Å². The van der Waals surface area contributed by atoms with Gasteiger partial charge in [0.1, 0.15) is 11.3 Å². The van der Waals surface area contributed by atoms with Crippen LogP contribution in [-0.2, 0) is 14.8 Å². The lowest BCUT2D eigenvalue weighted by molar-refractivity contribution is -0.114. The normalized spacial score (nSPS) is 15.4. The summed E-state index contributed by atoms with van der Waals surface area (Å²) in [6.07, 6.45) is 1.63. The summed E-state index contributed by atoms with van der Waals surface area (Å²) in [6.45, 7) is 5.70. The van der Waals surface area contributed by atoms with E-state index in [4.69, 9.17) is 9.56 Å². The molecule has 2 heterocycles. The van der Waals surface area contributed by atoms with E-state index < -0.39 is 10.0 Å². The number of para-hydroxylation sites is 1. The number of amides is 1. The largest absolute Gasteiger partial charge is 0.457 e. The first-order valence-corrected chi connectivity index (χ1v) is 10.6. The molecule has 0 fully saturated rings. The molecule has 2 N–H and O–H groups in total. The van der Waals surface area contributed by atoms with Crippen LogP contribution in [0.3, 0.4) is 0 Å². The molecule has 0 aliphatic carbocycles. The molecule has 0 spiro atoms. The average Bonchev–Trinajstić information content (AvgIpc) is 3.24. The molecule has 0 saturated heterocycles. The zero-order valence-corrected chi connectivity index (χ0v) is 17.1. The highest BCUT2D eigenvalue weighted by Crippen LogP contribution is 2.28. The number of nitrogens with zero attached hydrogens (tertiary/aromatic N) is 2. The fraction of sp³-hybridized carbons (Fsp3) is 0.143. The van der Waals surface area contributed by atoms with Gasteiger partial charge >= 0.3 is 0 Å². The molecule has 150 valence electrons. The summed E-state index contributed by atoms with van der Waals surface area (Å²) in [5.41, 5.74) is 1.91. The van der Waals surface area contributed by atoms with E-state index in [-0.39, 0.29) is 10.8 Å². The molecule has 0 radical (unpaired) electrons. The van der Waals surface area contributed by atoms with Crippen LogP contribution in [0, 0.1) is 0 Å². The van der Waals surface area contributed by atoms with Crippen LogP contribution in [0.25, 0.3) is 17.0 Å². The Morgan fingerprint density at radius 2 is 1.79 bits per heavy atom. The van der Waals surface area contributed by atoms with Gasteiger partial charge < -0.3 is 4.42 Å². The van der Waals surface area contributed by atoms with Crippen LogP contribution in [0.1, 0.15) is 26.5 Å². The minimum absolute atomic E-state index is 0.0876. The number of fused-ring (bicyclic) bond motifs is 1. The maximum Gasteiger partial charge on any atom is 0.280 e. The number of carbonyl (C=O) groups is 1. The molecule has 7 nitrogen and oxygen atoms in total. The number of rotatable bonds is 3. The van der Waals surface area contributed by atoms with Crippen LogP contribution in [0.15, 0.2) is 74.6 Å². The van der Waals surface area contributed by atoms with Gasteiger partial charge in [0.2, 0.25) is 10.0 Å². The smallest absolute Gasteiger partial charge is 0.280 e. The number of hydrazone groups is 1. The summed E-state index contributed by atoms with van der Waals surface area (Å²) < 4.78 is 28.8. The van der Waals surface area contributed by atoms with Crippen molar-refractivity contribution in [2.24, 2.45) is 10.2 Å². The third-order valence-corrected chi connectivity index (χ3v) is 5.10. The predicted molar refractivity (Wildman–Crippen MR) is 114 cm³/mol. The second-order valence-electron chi connectivity index (χ2n) is 6.09. The Labute approximate surface area is 169 Å². The zero-order chi connectivity index (χ0) is 21.2. The Balaban J connectivity index is 0.00000117. The van der Waals surface area contributed by atoms with Gasteiger partial charge in [-0.25, -0.2) is 13.6 Å². The number of hydrogen-bond donors (Lipinski definition) is 1. The monoisotopic (exact) mass is 411 g/mol. The second kappa shape index (κ2) is 8.02. The van der Waals surface area contributed by atoms with Gasteiger partial charge in [0.05, 0.1) is 21.9 Å².